The highest BCUT2D eigenvalue weighted by Crippen LogP contribution is 2.11. The van der Waals surface area contributed by atoms with E-state index in [1.54, 1.807) is 7.05 Å². The summed E-state index contributed by atoms with van der Waals surface area (Å²) in [5.74, 6) is 0.745. The number of rotatable bonds is 7. The average molecular weight is 248 g/mol. The molecule has 1 aromatic rings. The minimum atomic E-state index is 0.0499. The zero-order valence-electron chi connectivity index (χ0n) is 11.6. The molecular formula is C15H24N2O. The van der Waals surface area contributed by atoms with Crippen LogP contribution in [-0.2, 0) is 17.6 Å². The summed E-state index contributed by atoms with van der Waals surface area (Å²) < 4.78 is 0. The molecule has 0 aliphatic carbocycles. The molecule has 0 atom stereocenters. The van der Waals surface area contributed by atoms with Gasteiger partial charge in [0, 0.05) is 13.5 Å². The van der Waals surface area contributed by atoms with Gasteiger partial charge in [-0.3, -0.25) is 10.2 Å². The van der Waals surface area contributed by atoms with E-state index in [9.17, 15) is 4.79 Å². The lowest BCUT2D eigenvalue weighted by Crippen LogP contribution is -2.33. The SMILES string of the molecule is CNNC(=O)CCCc1ccc(CC(C)C)cc1. The van der Waals surface area contributed by atoms with Crippen molar-refractivity contribution in [3.8, 4) is 0 Å². The Labute approximate surface area is 110 Å². The molecule has 0 bridgehead atoms. The van der Waals surface area contributed by atoms with Crippen LogP contribution in [0.25, 0.3) is 0 Å². The molecule has 0 spiro atoms. The molecule has 3 nitrogen and oxygen atoms in total. The number of carbonyl (C=O) groups excluding carboxylic acids is 1. The maximum atomic E-state index is 11.2. The Hall–Kier alpha value is -1.35. The summed E-state index contributed by atoms with van der Waals surface area (Å²) in [5, 5.41) is 0. The van der Waals surface area contributed by atoms with Crippen molar-refractivity contribution in [2.45, 2.75) is 39.5 Å². The van der Waals surface area contributed by atoms with E-state index in [2.05, 4.69) is 49.0 Å². The Balaban J connectivity index is 2.33. The highest BCUT2D eigenvalue weighted by atomic mass is 16.2. The van der Waals surface area contributed by atoms with E-state index in [-0.39, 0.29) is 5.91 Å². The van der Waals surface area contributed by atoms with Gasteiger partial charge in [-0.05, 0) is 36.3 Å². The predicted molar refractivity (Wildman–Crippen MR) is 75.1 cm³/mol. The lowest BCUT2D eigenvalue weighted by Gasteiger charge is -2.07. The lowest BCUT2D eigenvalue weighted by atomic mass is 10.00. The molecule has 3 heteroatoms. The van der Waals surface area contributed by atoms with Crippen LogP contribution in [0.5, 0.6) is 0 Å². The van der Waals surface area contributed by atoms with E-state index >= 15 is 0 Å². The maximum Gasteiger partial charge on any atom is 0.234 e. The van der Waals surface area contributed by atoms with Crippen LogP contribution in [0.15, 0.2) is 24.3 Å². The molecule has 2 N–H and O–H groups in total. The minimum Gasteiger partial charge on any atom is -0.292 e. The zero-order chi connectivity index (χ0) is 13.4. The molecule has 0 aliphatic heterocycles. The first kappa shape index (κ1) is 14.7. The number of hydrazine groups is 1. The highest BCUT2D eigenvalue weighted by Gasteiger charge is 2.01. The fourth-order valence-corrected chi connectivity index (χ4v) is 1.97. The molecule has 0 fully saturated rings. The van der Waals surface area contributed by atoms with E-state index in [0.29, 0.717) is 12.3 Å². The summed E-state index contributed by atoms with van der Waals surface area (Å²) in [6, 6.07) is 8.74. The van der Waals surface area contributed by atoms with Gasteiger partial charge in [-0.2, -0.15) is 0 Å². The number of hydrogen-bond donors (Lipinski definition) is 2. The van der Waals surface area contributed by atoms with Gasteiger partial charge in [0.05, 0.1) is 0 Å². The van der Waals surface area contributed by atoms with Crippen molar-refractivity contribution >= 4 is 5.91 Å². The van der Waals surface area contributed by atoms with E-state index in [0.717, 1.165) is 19.3 Å². The number of amides is 1. The monoisotopic (exact) mass is 248 g/mol. The molecule has 0 saturated carbocycles. The van der Waals surface area contributed by atoms with Gasteiger partial charge in [0.1, 0.15) is 0 Å². The molecule has 100 valence electrons. The fraction of sp³-hybridized carbons (Fsp3) is 0.533. The van der Waals surface area contributed by atoms with E-state index in [1.807, 2.05) is 0 Å². The molecular weight excluding hydrogens is 224 g/mol. The van der Waals surface area contributed by atoms with Gasteiger partial charge in [-0.15, -0.1) is 0 Å². The molecule has 1 rings (SSSR count). The number of benzene rings is 1. The van der Waals surface area contributed by atoms with Crippen LogP contribution in [-0.4, -0.2) is 13.0 Å². The Kier molecular flexibility index (Phi) is 6.44. The van der Waals surface area contributed by atoms with Crippen LogP contribution < -0.4 is 10.9 Å². The quantitative estimate of drug-likeness (QED) is 0.728. The van der Waals surface area contributed by atoms with Crippen molar-refractivity contribution < 1.29 is 4.79 Å². The molecule has 0 saturated heterocycles. The first-order valence-electron chi connectivity index (χ1n) is 6.65. The van der Waals surface area contributed by atoms with Gasteiger partial charge >= 0.3 is 0 Å². The molecule has 0 heterocycles. The second kappa shape index (κ2) is 7.88. The zero-order valence-corrected chi connectivity index (χ0v) is 11.6. The fourth-order valence-electron chi connectivity index (χ4n) is 1.97. The number of nitrogens with one attached hydrogen (secondary N) is 2. The number of carbonyl (C=O) groups is 1. The third-order valence-electron chi connectivity index (χ3n) is 2.80. The smallest absolute Gasteiger partial charge is 0.234 e. The first-order chi connectivity index (χ1) is 8.61. The number of hydrogen-bond acceptors (Lipinski definition) is 2. The van der Waals surface area contributed by atoms with E-state index in [1.165, 1.54) is 11.1 Å². The highest BCUT2D eigenvalue weighted by molar-refractivity contribution is 5.75. The Morgan fingerprint density at radius 3 is 2.33 bits per heavy atom. The molecule has 0 aliphatic rings. The molecule has 0 unspecified atom stereocenters. The Morgan fingerprint density at radius 1 is 1.17 bits per heavy atom. The van der Waals surface area contributed by atoms with Crippen LogP contribution in [0.1, 0.15) is 37.8 Å². The van der Waals surface area contributed by atoms with Crippen LogP contribution >= 0.6 is 0 Å². The Bertz CT molecular complexity index is 357. The van der Waals surface area contributed by atoms with Crippen molar-refractivity contribution in [3.05, 3.63) is 35.4 Å². The van der Waals surface area contributed by atoms with Crippen LogP contribution in [0.4, 0.5) is 0 Å². The average Bonchev–Trinajstić information content (AvgIpc) is 2.31. The lowest BCUT2D eigenvalue weighted by molar-refractivity contribution is -0.122. The van der Waals surface area contributed by atoms with Crippen LogP contribution in [0.3, 0.4) is 0 Å². The summed E-state index contributed by atoms with van der Waals surface area (Å²) in [4.78, 5) is 11.2. The van der Waals surface area contributed by atoms with Crippen molar-refractivity contribution in [1.29, 1.82) is 0 Å². The number of aryl methyl sites for hydroxylation is 1. The Morgan fingerprint density at radius 2 is 1.78 bits per heavy atom. The molecule has 1 amide bonds. The predicted octanol–water partition coefficient (Wildman–Crippen LogP) is 2.46. The largest absolute Gasteiger partial charge is 0.292 e. The third-order valence-corrected chi connectivity index (χ3v) is 2.80. The van der Waals surface area contributed by atoms with Gasteiger partial charge in [0.2, 0.25) is 5.91 Å². The van der Waals surface area contributed by atoms with E-state index in [4.69, 9.17) is 0 Å². The molecule has 0 aromatic heterocycles. The van der Waals surface area contributed by atoms with Crippen molar-refractivity contribution in [2.75, 3.05) is 7.05 Å². The summed E-state index contributed by atoms with van der Waals surface area (Å²) in [6.07, 6.45) is 3.54. The van der Waals surface area contributed by atoms with Crippen molar-refractivity contribution in [3.63, 3.8) is 0 Å². The standard InChI is InChI=1S/C15H24N2O/c1-12(2)11-14-9-7-13(8-10-14)5-4-6-15(18)17-16-3/h7-10,12,16H,4-6,11H2,1-3H3,(H,17,18). The normalized spacial score (nSPS) is 10.7. The molecule has 0 radical (unpaired) electrons. The topological polar surface area (TPSA) is 41.1 Å². The summed E-state index contributed by atoms with van der Waals surface area (Å²) in [5.41, 5.74) is 7.91. The van der Waals surface area contributed by atoms with Gasteiger partial charge < -0.3 is 0 Å². The summed E-state index contributed by atoms with van der Waals surface area (Å²) >= 11 is 0. The third kappa shape index (κ3) is 5.82. The van der Waals surface area contributed by atoms with Crippen LogP contribution in [0, 0.1) is 5.92 Å². The second-order valence-electron chi connectivity index (χ2n) is 5.07. The van der Waals surface area contributed by atoms with Crippen molar-refractivity contribution in [1.82, 2.24) is 10.9 Å². The summed E-state index contributed by atoms with van der Waals surface area (Å²) in [7, 11) is 1.70. The maximum absolute atomic E-state index is 11.2. The minimum absolute atomic E-state index is 0.0499. The summed E-state index contributed by atoms with van der Waals surface area (Å²) in [6.45, 7) is 4.46. The van der Waals surface area contributed by atoms with Gasteiger partial charge in [0.15, 0.2) is 0 Å². The van der Waals surface area contributed by atoms with Crippen LogP contribution in [0.2, 0.25) is 0 Å². The molecule has 1 aromatic carbocycles. The van der Waals surface area contributed by atoms with Crippen molar-refractivity contribution in [2.24, 2.45) is 5.92 Å². The van der Waals surface area contributed by atoms with Gasteiger partial charge in [-0.25, -0.2) is 5.43 Å². The second-order valence-corrected chi connectivity index (χ2v) is 5.07. The van der Waals surface area contributed by atoms with Gasteiger partial charge in [-0.1, -0.05) is 38.1 Å². The molecule has 18 heavy (non-hydrogen) atoms. The van der Waals surface area contributed by atoms with Gasteiger partial charge in [0.25, 0.3) is 0 Å². The first-order valence-corrected chi connectivity index (χ1v) is 6.65. The van der Waals surface area contributed by atoms with E-state index < -0.39 is 0 Å².